The summed E-state index contributed by atoms with van der Waals surface area (Å²) in [6.45, 7) is 1.96. The SMILES string of the molecule is COc1ccc(-n2nc(C)c3c2NC(=O)CSC3c2ccc(OC)cc2OC)cc1. The molecular weight excluding hydrogens is 402 g/mol. The molecule has 1 aromatic heterocycles. The Kier molecular flexibility index (Phi) is 5.59. The summed E-state index contributed by atoms with van der Waals surface area (Å²) in [5.74, 6) is 3.13. The lowest BCUT2D eigenvalue weighted by Gasteiger charge is -2.19. The van der Waals surface area contributed by atoms with Crippen LogP contribution in [0.15, 0.2) is 42.5 Å². The smallest absolute Gasteiger partial charge is 0.235 e. The maximum Gasteiger partial charge on any atom is 0.235 e. The fraction of sp³-hybridized carbons (Fsp3) is 0.273. The number of ether oxygens (including phenoxy) is 3. The normalized spacial score (nSPS) is 15.7. The van der Waals surface area contributed by atoms with E-state index in [-0.39, 0.29) is 11.2 Å². The van der Waals surface area contributed by atoms with E-state index in [0.717, 1.165) is 28.3 Å². The molecule has 0 radical (unpaired) electrons. The molecule has 2 heterocycles. The third kappa shape index (κ3) is 3.59. The van der Waals surface area contributed by atoms with Gasteiger partial charge in [-0.15, -0.1) is 11.8 Å². The van der Waals surface area contributed by atoms with Gasteiger partial charge in [-0.3, -0.25) is 4.79 Å². The predicted octanol–water partition coefficient (Wildman–Crippen LogP) is 3.98. The van der Waals surface area contributed by atoms with Gasteiger partial charge in [-0.25, -0.2) is 4.68 Å². The number of hydrogen-bond acceptors (Lipinski definition) is 6. The monoisotopic (exact) mass is 425 g/mol. The van der Waals surface area contributed by atoms with Crippen LogP contribution < -0.4 is 19.5 Å². The summed E-state index contributed by atoms with van der Waals surface area (Å²) in [7, 11) is 4.89. The van der Waals surface area contributed by atoms with E-state index in [1.54, 1.807) is 37.8 Å². The van der Waals surface area contributed by atoms with Gasteiger partial charge in [-0.1, -0.05) is 6.07 Å². The Morgan fingerprint density at radius 1 is 1.03 bits per heavy atom. The predicted molar refractivity (Wildman–Crippen MR) is 117 cm³/mol. The van der Waals surface area contributed by atoms with Gasteiger partial charge in [0.05, 0.1) is 43.7 Å². The Morgan fingerprint density at radius 2 is 1.73 bits per heavy atom. The molecule has 1 N–H and O–H groups in total. The maximum atomic E-state index is 12.5. The fourth-order valence-corrected chi connectivity index (χ4v) is 4.79. The molecule has 30 heavy (non-hydrogen) atoms. The lowest BCUT2D eigenvalue weighted by atomic mass is 10.0. The number of rotatable bonds is 5. The Bertz CT molecular complexity index is 1080. The highest BCUT2D eigenvalue weighted by Gasteiger charge is 2.32. The summed E-state index contributed by atoms with van der Waals surface area (Å²) in [4.78, 5) is 12.5. The molecule has 156 valence electrons. The molecular formula is C22H23N3O4S. The molecule has 0 fully saturated rings. The zero-order chi connectivity index (χ0) is 21.3. The lowest BCUT2D eigenvalue weighted by Crippen LogP contribution is -2.15. The van der Waals surface area contributed by atoms with Gasteiger partial charge >= 0.3 is 0 Å². The van der Waals surface area contributed by atoms with E-state index in [1.807, 2.05) is 49.4 Å². The van der Waals surface area contributed by atoms with Crippen LogP contribution in [0.5, 0.6) is 17.2 Å². The van der Waals surface area contributed by atoms with Crippen molar-refractivity contribution in [1.82, 2.24) is 9.78 Å². The van der Waals surface area contributed by atoms with Crippen molar-refractivity contribution in [3.8, 4) is 22.9 Å². The Hall–Kier alpha value is -3.13. The summed E-state index contributed by atoms with van der Waals surface area (Å²) in [6.07, 6.45) is 0. The zero-order valence-electron chi connectivity index (χ0n) is 17.3. The van der Waals surface area contributed by atoms with E-state index in [4.69, 9.17) is 19.3 Å². The van der Waals surface area contributed by atoms with Gasteiger partial charge in [0, 0.05) is 17.2 Å². The van der Waals surface area contributed by atoms with Gasteiger partial charge in [0.1, 0.15) is 23.1 Å². The maximum absolute atomic E-state index is 12.5. The topological polar surface area (TPSA) is 74.6 Å². The van der Waals surface area contributed by atoms with Crippen LogP contribution in [0.4, 0.5) is 5.82 Å². The molecule has 0 aliphatic carbocycles. The molecule has 1 atom stereocenters. The van der Waals surface area contributed by atoms with Gasteiger partial charge < -0.3 is 19.5 Å². The molecule has 0 bridgehead atoms. The van der Waals surface area contributed by atoms with Crippen molar-refractivity contribution in [2.75, 3.05) is 32.4 Å². The number of nitrogens with zero attached hydrogens (tertiary/aromatic N) is 2. The second kappa shape index (κ2) is 8.31. The van der Waals surface area contributed by atoms with Gasteiger partial charge in [-0.05, 0) is 37.3 Å². The van der Waals surface area contributed by atoms with Gasteiger partial charge in [0.25, 0.3) is 0 Å². The number of amides is 1. The number of aromatic nitrogens is 2. The summed E-state index contributed by atoms with van der Waals surface area (Å²) < 4.78 is 18.0. The highest BCUT2D eigenvalue weighted by molar-refractivity contribution is 8.00. The Labute approximate surface area is 179 Å². The van der Waals surface area contributed by atoms with E-state index in [2.05, 4.69) is 5.32 Å². The van der Waals surface area contributed by atoms with Crippen molar-refractivity contribution in [2.45, 2.75) is 12.2 Å². The lowest BCUT2D eigenvalue weighted by molar-refractivity contribution is -0.113. The van der Waals surface area contributed by atoms with Crippen LogP contribution in [0.1, 0.15) is 22.1 Å². The number of methoxy groups -OCH3 is 3. The number of anilines is 1. The number of aryl methyl sites for hydroxylation is 1. The van der Waals surface area contributed by atoms with Gasteiger partial charge in [-0.2, -0.15) is 5.10 Å². The first-order valence-corrected chi connectivity index (χ1v) is 10.5. The molecule has 0 spiro atoms. The average Bonchev–Trinajstić information content (AvgIpc) is 2.98. The largest absolute Gasteiger partial charge is 0.497 e. The van der Waals surface area contributed by atoms with E-state index >= 15 is 0 Å². The highest BCUT2D eigenvalue weighted by Crippen LogP contribution is 2.47. The van der Waals surface area contributed by atoms with Crippen LogP contribution in [0.2, 0.25) is 0 Å². The molecule has 2 aromatic carbocycles. The molecule has 1 amide bonds. The summed E-state index contributed by atoms with van der Waals surface area (Å²) in [5, 5.41) is 7.67. The van der Waals surface area contributed by atoms with E-state index in [9.17, 15) is 4.79 Å². The van der Waals surface area contributed by atoms with E-state index < -0.39 is 0 Å². The van der Waals surface area contributed by atoms with Crippen molar-refractivity contribution >= 4 is 23.5 Å². The first-order chi connectivity index (χ1) is 14.5. The molecule has 0 saturated carbocycles. The second-order valence-electron chi connectivity index (χ2n) is 6.80. The van der Waals surface area contributed by atoms with Crippen molar-refractivity contribution in [3.05, 3.63) is 59.3 Å². The Morgan fingerprint density at radius 3 is 2.40 bits per heavy atom. The first-order valence-electron chi connectivity index (χ1n) is 9.43. The van der Waals surface area contributed by atoms with E-state index in [0.29, 0.717) is 23.1 Å². The average molecular weight is 426 g/mol. The molecule has 0 saturated heterocycles. The van der Waals surface area contributed by atoms with E-state index in [1.165, 1.54) is 0 Å². The molecule has 1 unspecified atom stereocenters. The molecule has 8 heteroatoms. The van der Waals surface area contributed by atoms with Gasteiger partial charge in [0.15, 0.2) is 0 Å². The van der Waals surface area contributed by atoms with Crippen LogP contribution >= 0.6 is 11.8 Å². The highest BCUT2D eigenvalue weighted by atomic mass is 32.2. The number of thioether (sulfide) groups is 1. The van der Waals surface area contributed by atoms with Crippen LogP contribution in [-0.4, -0.2) is 42.8 Å². The molecule has 7 nitrogen and oxygen atoms in total. The third-order valence-corrected chi connectivity index (χ3v) is 6.30. The van der Waals surface area contributed by atoms with Crippen molar-refractivity contribution < 1.29 is 19.0 Å². The summed E-state index contributed by atoms with van der Waals surface area (Å²) in [6, 6.07) is 13.3. The molecule has 1 aliphatic rings. The van der Waals surface area contributed by atoms with Crippen LogP contribution in [0.3, 0.4) is 0 Å². The zero-order valence-corrected chi connectivity index (χ0v) is 18.1. The number of benzene rings is 2. The summed E-state index contributed by atoms with van der Waals surface area (Å²) >= 11 is 1.55. The standard InChI is InChI=1S/C22H23N3O4S/c1-13-20-21(17-10-9-16(28-3)11-18(17)29-4)30-12-19(26)23-22(20)25(24-13)14-5-7-15(27-2)8-6-14/h5-11,21H,12H2,1-4H3,(H,23,26). The minimum absolute atomic E-state index is 0.0640. The van der Waals surface area contributed by atoms with Gasteiger partial charge in [0.2, 0.25) is 5.91 Å². The fourth-order valence-electron chi connectivity index (χ4n) is 3.57. The number of carbonyl (C=O) groups is 1. The molecule has 1 aliphatic heterocycles. The van der Waals surface area contributed by atoms with Crippen LogP contribution in [-0.2, 0) is 4.79 Å². The van der Waals surface area contributed by atoms with Crippen molar-refractivity contribution in [3.63, 3.8) is 0 Å². The molecule has 4 rings (SSSR count). The second-order valence-corrected chi connectivity index (χ2v) is 7.90. The number of hydrogen-bond donors (Lipinski definition) is 1. The Balaban J connectivity index is 1.86. The molecule has 3 aromatic rings. The first kappa shape index (κ1) is 20.2. The quantitative estimate of drug-likeness (QED) is 0.667. The third-order valence-electron chi connectivity index (χ3n) is 5.05. The van der Waals surface area contributed by atoms with Crippen LogP contribution in [0.25, 0.3) is 5.69 Å². The van der Waals surface area contributed by atoms with Crippen LogP contribution in [0, 0.1) is 6.92 Å². The summed E-state index contributed by atoms with van der Waals surface area (Å²) in [5.41, 5.74) is 3.62. The van der Waals surface area contributed by atoms with Crippen molar-refractivity contribution in [1.29, 1.82) is 0 Å². The minimum atomic E-state index is -0.119. The number of carbonyl (C=O) groups excluding carboxylic acids is 1. The minimum Gasteiger partial charge on any atom is -0.497 e. The number of nitrogens with one attached hydrogen (secondary N) is 1. The number of fused-ring (bicyclic) bond motifs is 1. The van der Waals surface area contributed by atoms with Crippen molar-refractivity contribution in [2.24, 2.45) is 0 Å².